The summed E-state index contributed by atoms with van der Waals surface area (Å²) in [6, 6.07) is 15.9. The zero-order valence-corrected chi connectivity index (χ0v) is 16.6. The maximum Gasteiger partial charge on any atom is 0.225 e. The van der Waals surface area contributed by atoms with Gasteiger partial charge in [-0.2, -0.15) is 4.98 Å². The molecule has 0 aliphatic rings. The Hall–Kier alpha value is -2.99. The van der Waals surface area contributed by atoms with Crippen molar-refractivity contribution in [3.05, 3.63) is 65.9 Å². The second-order valence-electron chi connectivity index (χ2n) is 7.20. The van der Waals surface area contributed by atoms with E-state index in [9.17, 15) is 5.11 Å². The molecule has 0 spiro atoms. The molecule has 0 radical (unpaired) electrons. The van der Waals surface area contributed by atoms with Crippen molar-refractivity contribution in [3.8, 4) is 11.4 Å². The minimum atomic E-state index is -0.122. The monoisotopic (exact) mass is 377 g/mol. The van der Waals surface area contributed by atoms with Crippen LogP contribution in [0.1, 0.15) is 25.0 Å². The molecule has 0 saturated heterocycles. The second-order valence-corrected chi connectivity index (χ2v) is 7.20. The predicted octanol–water partition coefficient (Wildman–Crippen LogP) is 3.89. The Morgan fingerprint density at radius 1 is 1.00 bits per heavy atom. The molecule has 28 heavy (non-hydrogen) atoms. The predicted molar refractivity (Wildman–Crippen MR) is 113 cm³/mol. The van der Waals surface area contributed by atoms with Crippen LogP contribution >= 0.6 is 0 Å². The van der Waals surface area contributed by atoms with Crippen molar-refractivity contribution >= 4 is 11.8 Å². The number of rotatable bonds is 8. The number of aliphatic hydroxyl groups excluding tert-OH is 1. The van der Waals surface area contributed by atoms with Gasteiger partial charge in [-0.05, 0) is 30.5 Å². The zero-order chi connectivity index (χ0) is 19.9. The summed E-state index contributed by atoms with van der Waals surface area (Å²) in [6.45, 7) is 6.85. The number of nitrogens with zero attached hydrogens (tertiary/aromatic N) is 3. The van der Waals surface area contributed by atoms with E-state index in [0.29, 0.717) is 18.3 Å². The molecule has 0 amide bonds. The molecule has 1 aromatic carbocycles. The van der Waals surface area contributed by atoms with E-state index in [2.05, 4.69) is 50.7 Å². The highest BCUT2D eigenvalue weighted by molar-refractivity contribution is 5.61. The molecule has 2 aromatic heterocycles. The molecule has 1 atom stereocenters. The van der Waals surface area contributed by atoms with Crippen molar-refractivity contribution in [3.63, 3.8) is 0 Å². The standard InChI is InChI=1S/C22H27N5O/c1-15(2)20(14-28)26-22-25-19(18-9-4-5-10-23-18)12-21(27-22)24-13-17-8-6-7-16(3)11-17/h4-12,15,20,28H,13-14H2,1-3H3,(H2,24,25,26,27)/t20-/m1/s1. The lowest BCUT2D eigenvalue weighted by Crippen LogP contribution is -2.30. The Morgan fingerprint density at radius 3 is 2.54 bits per heavy atom. The van der Waals surface area contributed by atoms with E-state index in [0.717, 1.165) is 11.4 Å². The molecule has 0 unspecified atom stereocenters. The largest absolute Gasteiger partial charge is 0.394 e. The fraction of sp³-hybridized carbons (Fsp3) is 0.318. The molecule has 146 valence electrons. The van der Waals surface area contributed by atoms with E-state index >= 15 is 0 Å². The van der Waals surface area contributed by atoms with Crippen molar-refractivity contribution in [2.24, 2.45) is 5.92 Å². The van der Waals surface area contributed by atoms with Crippen LogP contribution in [-0.2, 0) is 6.54 Å². The smallest absolute Gasteiger partial charge is 0.225 e. The van der Waals surface area contributed by atoms with Gasteiger partial charge >= 0.3 is 0 Å². The molecule has 0 bridgehead atoms. The van der Waals surface area contributed by atoms with Crippen molar-refractivity contribution in [2.45, 2.75) is 33.4 Å². The van der Waals surface area contributed by atoms with Crippen LogP contribution in [0.25, 0.3) is 11.4 Å². The second kappa shape index (κ2) is 9.28. The number of hydrogen-bond acceptors (Lipinski definition) is 6. The van der Waals surface area contributed by atoms with Crippen LogP contribution in [0.3, 0.4) is 0 Å². The molecule has 0 aliphatic carbocycles. The maximum absolute atomic E-state index is 9.65. The zero-order valence-electron chi connectivity index (χ0n) is 16.6. The minimum absolute atomic E-state index is 0.0148. The van der Waals surface area contributed by atoms with Crippen LogP contribution in [0.5, 0.6) is 0 Å². The molecule has 0 aliphatic heterocycles. The lowest BCUT2D eigenvalue weighted by molar-refractivity contribution is 0.248. The fourth-order valence-electron chi connectivity index (χ4n) is 2.85. The van der Waals surface area contributed by atoms with Crippen molar-refractivity contribution in [1.82, 2.24) is 15.0 Å². The number of aliphatic hydroxyl groups is 1. The van der Waals surface area contributed by atoms with Gasteiger partial charge in [0.25, 0.3) is 0 Å². The summed E-state index contributed by atoms with van der Waals surface area (Å²) in [4.78, 5) is 13.6. The highest BCUT2D eigenvalue weighted by Gasteiger charge is 2.15. The van der Waals surface area contributed by atoms with Crippen LogP contribution < -0.4 is 10.6 Å². The summed E-state index contributed by atoms with van der Waals surface area (Å²) in [6.07, 6.45) is 1.75. The molecule has 3 rings (SSSR count). The van der Waals surface area contributed by atoms with Gasteiger partial charge in [0.15, 0.2) is 0 Å². The van der Waals surface area contributed by atoms with Crippen LogP contribution in [0.15, 0.2) is 54.7 Å². The van der Waals surface area contributed by atoms with Crippen molar-refractivity contribution < 1.29 is 5.11 Å². The van der Waals surface area contributed by atoms with E-state index in [-0.39, 0.29) is 18.6 Å². The number of anilines is 2. The Labute approximate surface area is 166 Å². The third-order valence-corrected chi connectivity index (χ3v) is 4.53. The van der Waals surface area contributed by atoms with Gasteiger partial charge in [0.2, 0.25) is 5.95 Å². The van der Waals surface area contributed by atoms with Gasteiger partial charge in [-0.1, -0.05) is 49.7 Å². The average molecular weight is 377 g/mol. The van der Waals surface area contributed by atoms with Gasteiger partial charge < -0.3 is 15.7 Å². The van der Waals surface area contributed by atoms with E-state index in [1.165, 1.54) is 11.1 Å². The first kappa shape index (κ1) is 19.8. The molecule has 6 heteroatoms. The molecule has 0 saturated carbocycles. The van der Waals surface area contributed by atoms with E-state index in [1.807, 2.05) is 44.2 Å². The summed E-state index contributed by atoms with van der Waals surface area (Å²) in [5, 5.41) is 16.3. The number of aryl methyl sites for hydroxylation is 1. The van der Waals surface area contributed by atoms with Crippen LogP contribution in [0.2, 0.25) is 0 Å². The lowest BCUT2D eigenvalue weighted by atomic mass is 10.1. The average Bonchev–Trinajstić information content (AvgIpc) is 2.71. The van der Waals surface area contributed by atoms with Crippen LogP contribution in [0, 0.1) is 12.8 Å². The first-order valence-electron chi connectivity index (χ1n) is 9.52. The van der Waals surface area contributed by atoms with Gasteiger partial charge in [0.05, 0.1) is 24.0 Å². The normalized spacial score (nSPS) is 12.0. The fourth-order valence-corrected chi connectivity index (χ4v) is 2.85. The van der Waals surface area contributed by atoms with E-state index in [4.69, 9.17) is 0 Å². The number of nitrogens with one attached hydrogen (secondary N) is 2. The molecular formula is C22H27N5O. The molecule has 3 N–H and O–H groups in total. The Morgan fingerprint density at radius 2 is 1.86 bits per heavy atom. The summed E-state index contributed by atoms with van der Waals surface area (Å²) in [5.74, 6) is 1.43. The van der Waals surface area contributed by atoms with Crippen molar-refractivity contribution in [1.29, 1.82) is 0 Å². The summed E-state index contributed by atoms with van der Waals surface area (Å²) in [7, 11) is 0. The number of aromatic nitrogens is 3. The Balaban J connectivity index is 1.88. The third kappa shape index (κ3) is 5.27. The van der Waals surface area contributed by atoms with Crippen molar-refractivity contribution in [2.75, 3.05) is 17.2 Å². The summed E-state index contributed by atoms with van der Waals surface area (Å²) >= 11 is 0. The highest BCUT2D eigenvalue weighted by atomic mass is 16.3. The number of pyridine rings is 1. The minimum Gasteiger partial charge on any atom is -0.394 e. The molecular weight excluding hydrogens is 350 g/mol. The van der Waals surface area contributed by atoms with Gasteiger partial charge in [-0.15, -0.1) is 0 Å². The first-order valence-corrected chi connectivity index (χ1v) is 9.52. The maximum atomic E-state index is 9.65. The summed E-state index contributed by atoms with van der Waals surface area (Å²) < 4.78 is 0. The Bertz CT molecular complexity index is 898. The highest BCUT2D eigenvalue weighted by Crippen LogP contribution is 2.21. The first-order chi connectivity index (χ1) is 13.5. The van der Waals surface area contributed by atoms with Gasteiger partial charge in [-0.3, -0.25) is 4.98 Å². The van der Waals surface area contributed by atoms with Gasteiger partial charge in [0.1, 0.15) is 5.82 Å². The molecule has 3 aromatic rings. The van der Waals surface area contributed by atoms with Crippen LogP contribution in [0.4, 0.5) is 11.8 Å². The quantitative estimate of drug-likeness (QED) is 0.552. The number of benzene rings is 1. The lowest BCUT2D eigenvalue weighted by Gasteiger charge is -2.20. The van der Waals surface area contributed by atoms with Gasteiger partial charge in [0, 0.05) is 18.8 Å². The van der Waals surface area contributed by atoms with E-state index < -0.39 is 0 Å². The Kier molecular flexibility index (Phi) is 6.55. The molecule has 2 heterocycles. The van der Waals surface area contributed by atoms with Crippen LogP contribution in [-0.4, -0.2) is 32.7 Å². The molecule has 6 nitrogen and oxygen atoms in total. The van der Waals surface area contributed by atoms with E-state index in [1.54, 1.807) is 6.20 Å². The SMILES string of the molecule is Cc1cccc(CNc2cc(-c3ccccn3)nc(N[C@H](CO)C(C)C)n2)c1. The summed E-state index contributed by atoms with van der Waals surface area (Å²) in [5.41, 5.74) is 3.91. The molecule has 0 fully saturated rings. The number of hydrogen-bond donors (Lipinski definition) is 3. The van der Waals surface area contributed by atoms with Gasteiger partial charge in [-0.25, -0.2) is 4.98 Å². The third-order valence-electron chi connectivity index (χ3n) is 4.53. The topological polar surface area (TPSA) is 83.0 Å².